The van der Waals surface area contributed by atoms with Gasteiger partial charge in [0, 0.05) is 35.1 Å². The number of H-pyrrole nitrogens is 1. The number of nitrogens with one attached hydrogen (secondary N) is 3. The van der Waals surface area contributed by atoms with Crippen molar-refractivity contribution in [1.82, 2.24) is 10.2 Å². The van der Waals surface area contributed by atoms with Gasteiger partial charge in [0.05, 0.1) is 23.5 Å². The first kappa shape index (κ1) is 21.4. The number of nitrogens with zero attached hydrogens (tertiary/aromatic N) is 2. The summed E-state index contributed by atoms with van der Waals surface area (Å²) >= 11 is 7.24. The number of carbonyl (C=O) groups excluding carboxylic acids is 2. The number of hydrogen-bond donors (Lipinski definition) is 3. The number of morpholine rings is 1. The van der Waals surface area contributed by atoms with E-state index < -0.39 is 0 Å². The van der Waals surface area contributed by atoms with Crippen molar-refractivity contribution in [2.24, 2.45) is 0 Å². The largest absolute Gasteiger partial charge is 0.378 e. The first-order valence-electron chi connectivity index (χ1n) is 10.4. The summed E-state index contributed by atoms with van der Waals surface area (Å²) in [7, 11) is 0. The van der Waals surface area contributed by atoms with Gasteiger partial charge in [0.1, 0.15) is 4.83 Å². The van der Waals surface area contributed by atoms with Crippen LogP contribution in [0.15, 0.2) is 54.6 Å². The van der Waals surface area contributed by atoms with Crippen LogP contribution in [-0.2, 0) is 4.74 Å². The van der Waals surface area contributed by atoms with Gasteiger partial charge in [-0.3, -0.25) is 14.7 Å². The monoisotopic (exact) mass is 481 g/mol. The third-order valence-electron chi connectivity index (χ3n) is 5.30. The van der Waals surface area contributed by atoms with Crippen molar-refractivity contribution in [1.29, 1.82) is 0 Å². The molecule has 2 aromatic heterocycles. The quantitative estimate of drug-likeness (QED) is 0.386. The lowest BCUT2D eigenvalue weighted by Crippen LogP contribution is -2.36. The number of amides is 2. The highest BCUT2D eigenvalue weighted by molar-refractivity contribution is 7.20. The van der Waals surface area contributed by atoms with Crippen molar-refractivity contribution in [2.45, 2.75) is 0 Å². The molecule has 5 rings (SSSR count). The van der Waals surface area contributed by atoms with Crippen LogP contribution in [-0.4, -0.2) is 48.3 Å². The first-order chi connectivity index (χ1) is 16.1. The molecule has 0 aliphatic carbocycles. The highest BCUT2D eigenvalue weighted by Crippen LogP contribution is 2.30. The molecule has 2 aromatic carbocycles. The van der Waals surface area contributed by atoms with Gasteiger partial charge in [0.2, 0.25) is 0 Å². The number of halogens is 1. The standard InChI is InChI=1S/C23H20ClN5O3S/c24-15-3-1-2-14(12-15)21(30)26-20-18-13-19(33-23(18)28-27-20)22(31)25-16-4-6-17(7-5-16)29-8-10-32-11-9-29/h1-7,12-13H,8-11H2,(H,25,31)(H2,26,27,28,30). The van der Waals surface area contributed by atoms with Gasteiger partial charge in [-0.2, -0.15) is 5.10 Å². The molecule has 1 saturated heterocycles. The number of hydrogen-bond acceptors (Lipinski definition) is 6. The molecule has 10 heteroatoms. The molecule has 1 aliphatic heterocycles. The average molecular weight is 482 g/mol. The maximum absolute atomic E-state index is 12.8. The molecule has 0 bridgehead atoms. The Labute approximate surface area is 198 Å². The Balaban J connectivity index is 1.27. The number of aromatic nitrogens is 2. The third-order valence-corrected chi connectivity index (χ3v) is 6.57. The minimum Gasteiger partial charge on any atom is -0.378 e. The number of thiophene rings is 1. The van der Waals surface area contributed by atoms with Crippen LogP contribution in [0.4, 0.5) is 17.2 Å². The topological polar surface area (TPSA) is 99.3 Å². The van der Waals surface area contributed by atoms with Crippen LogP contribution in [0.25, 0.3) is 10.2 Å². The predicted octanol–water partition coefficient (Wildman–Crippen LogP) is 4.62. The minimum atomic E-state index is -0.330. The molecule has 0 radical (unpaired) electrons. The maximum Gasteiger partial charge on any atom is 0.265 e. The summed E-state index contributed by atoms with van der Waals surface area (Å²) in [5, 5.41) is 13.9. The van der Waals surface area contributed by atoms with Gasteiger partial charge in [0.15, 0.2) is 5.82 Å². The Kier molecular flexibility index (Phi) is 5.99. The average Bonchev–Trinajstić information content (AvgIpc) is 3.42. The lowest BCUT2D eigenvalue weighted by molar-refractivity contribution is 0.102. The van der Waals surface area contributed by atoms with Gasteiger partial charge < -0.3 is 20.3 Å². The van der Waals surface area contributed by atoms with Crippen LogP contribution in [0, 0.1) is 0 Å². The molecule has 1 aliphatic rings. The smallest absolute Gasteiger partial charge is 0.265 e. The van der Waals surface area contributed by atoms with Crippen molar-refractivity contribution in [2.75, 3.05) is 41.8 Å². The predicted molar refractivity (Wildman–Crippen MR) is 131 cm³/mol. The van der Waals surface area contributed by atoms with Crippen LogP contribution in [0.1, 0.15) is 20.0 Å². The Hall–Kier alpha value is -3.40. The van der Waals surface area contributed by atoms with Crippen molar-refractivity contribution in [3.8, 4) is 0 Å². The zero-order valence-corrected chi connectivity index (χ0v) is 19.0. The molecule has 33 heavy (non-hydrogen) atoms. The highest BCUT2D eigenvalue weighted by atomic mass is 35.5. The number of aromatic amines is 1. The molecule has 1 fully saturated rings. The normalized spacial score (nSPS) is 13.8. The van der Waals surface area contributed by atoms with E-state index in [1.54, 1.807) is 30.3 Å². The second kappa shape index (κ2) is 9.22. The molecule has 4 aromatic rings. The van der Waals surface area contributed by atoms with Gasteiger partial charge in [-0.15, -0.1) is 11.3 Å². The minimum absolute atomic E-state index is 0.226. The fourth-order valence-corrected chi connectivity index (χ4v) is 4.69. The fraction of sp³-hybridized carbons (Fsp3) is 0.174. The Morgan fingerprint density at radius 1 is 1.03 bits per heavy atom. The summed E-state index contributed by atoms with van der Waals surface area (Å²) in [6, 6.07) is 16.1. The van der Waals surface area contributed by atoms with Crippen molar-refractivity contribution < 1.29 is 14.3 Å². The summed E-state index contributed by atoms with van der Waals surface area (Å²) < 4.78 is 5.39. The van der Waals surface area contributed by atoms with E-state index in [9.17, 15) is 9.59 Å². The molecule has 0 saturated carbocycles. The van der Waals surface area contributed by atoms with Gasteiger partial charge >= 0.3 is 0 Å². The third kappa shape index (κ3) is 4.70. The highest BCUT2D eigenvalue weighted by Gasteiger charge is 2.18. The van der Waals surface area contributed by atoms with Gasteiger partial charge in [-0.05, 0) is 48.5 Å². The molecular weight excluding hydrogens is 462 g/mol. The Bertz CT molecular complexity index is 1310. The van der Waals surface area contributed by atoms with Gasteiger partial charge in [-0.1, -0.05) is 17.7 Å². The van der Waals surface area contributed by atoms with Crippen LogP contribution < -0.4 is 15.5 Å². The van der Waals surface area contributed by atoms with E-state index in [2.05, 4.69) is 25.7 Å². The Morgan fingerprint density at radius 2 is 1.82 bits per heavy atom. The van der Waals surface area contributed by atoms with Crippen LogP contribution >= 0.6 is 22.9 Å². The van der Waals surface area contributed by atoms with Crippen molar-refractivity contribution >= 4 is 62.2 Å². The van der Waals surface area contributed by atoms with Gasteiger partial charge in [-0.25, -0.2) is 0 Å². The molecule has 168 valence electrons. The lowest BCUT2D eigenvalue weighted by atomic mass is 10.2. The van der Waals surface area contributed by atoms with Gasteiger partial charge in [0.25, 0.3) is 11.8 Å². The molecule has 0 spiro atoms. The molecule has 8 nitrogen and oxygen atoms in total. The molecular formula is C23H20ClN5O3S. The number of rotatable bonds is 5. The zero-order valence-electron chi connectivity index (χ0n) is 17.4. The fourth-order valence-electron chi connectivity index (χ4n) is 3.60. The SMILES string of the molecule is O=C(Nc1n[nH]c2sc(C(=O)Nc3ccc(N4CCOCC4)cc3)cc12)c1cccc(Cl)c1. The van der Waals surface area contributed by atoms with Crippen LogP contribution in [0.3, 0.4) is 0 Å². The second-order valence-corrected chi connectivity index (χ2v) is 8.98. The van der Waals surface area contributed by atoms with Crippen molar-refractivity contribution in [3.63, 3.8) is 0 Å². The van der Waals surface area contributed by atoms with Crippen LogP contribution in [0.2, 0.25) is 5.02 Å². The molecule has 0 unspecified atom stereocenters. The van der Waals surface area contributed by atoms with E-state index >= 15 is 0 Å². The van der Waals surface area contributed by atoms with E-state index in [0.29, 0.717) is 37.2 Å². The zero-order chi connectivity index (χ0) is 22.8. The second-order valence-electron chi connectivity index (χ2n) is 7.49. The number of carbonyl (C=O) groups is 2. The van der Waals surface area contributed by atoms with E-state index in [4.69, 9.17) is 16.3 Å². The summed E-state index contributed by atoms with van der Waals surface area (Å²) in [5.41, 5.74) is 2.24. The molecule has 0 atom stereocenters. The van der Waals surface area contributed by atoms with Crippen molar-refractivity contribution in [3.05, 3.63) is 70.1 Å². The molecule has 3 N–H and O–H groups in total. The van der Waals surface area contributed by atoms with E-state index in [0.717, 1.165) is 32.0 Å². The first-order valence-corrected chi connectivity index (χ1v) is 11.6. The molecule has 3 heterocycles. The summed E-state index contributed by atoms with van der Waals surface area (Å²) in [6.45, 7) is 3.16. The van der Waals surface area contributed by atoms with E-state index in [1.165, 1.54) is 11.3 Å². The van der Waals surface area contributed by atoms with E-state index in [-0.39, 0.29) is 11.8 Å². The number of benzene rings is 2. The number of anilines is 3. The summed E-state index contributed by atoms with van der Waals surface area (Å²) in [5.74, 6) is -0.195. The summed E-state index contributed by atoms with van der Waals surface area (Å²) in [6.07, 6.45) is 0. The van der Waals surface area contributed by atoms with Crippen LogP contribution in [0.5, 0.6) is 0 Å². The molecule has 2 amide bonds. The number of ether oxygens (including phenoxy) is 1. The number of fused-ring (bicyclic) bond motifs is 1. The Morgan fingerprint density at radius 3 is 2.58 bits per heavy atom. The summed E-state index contributed by atoms with van der Waals surface area (Å²) in [4.78, 5) is 28.8. The maximum atomic E-state index is 12.8. The van der Waals surface area contributed by atoms with E-state index in [1.807, 2.05) is 24.3 Å². The lowest BCUT2D eigenvalue weighted by Gasteiger charge is -2.28.